The smallest absolute Gasteiger partial charge is 0.119 e. The molecule has 0 amide bonds. The largest absolute Gasteiger partial charge is 0.497 e. The van der Waals surface area contributed by atoms with Gasteiger partial charge in [0.15, 0.2) is 0 Å². The van der Waals surface area contributed by atoms with Crippen molar-refractivity contribution in [1.82, 2.24) is 0 Å². The minimum atomic E-state index is 0.106. The van der Waals surface area contributed by atoms with Crippen molar-refractivity contribution in [2.75, 3.05) is 13.7 Å². The molecule has 1 N–H and O–H groups in total. The molecule has 0 atom stereocenters. The zero-order valence-corrected chi connectivity index (χ0v) is 12.8. The average Bonchev–Trinajstić information content (AvgIpc) is 2.96. The molecule has 0 aliphatic heterocycles. The molecule has 0 aliphatic carbocycles. The lowest BCUT2D eigenvalue weighted by Crippen LogP contribution is -1.93. The number of ether oxygens (including phenoxy) is 2. The minimum Gasteiger partial charge on any atom is -0.497 e. The van der Waals surface area contributed by atoms with Crippen molar-refractivity contribution < 1.29 is 14.6 Å². The molecule has 1 aromatic carbocycles. The summed E-state index contributed by atoms with van der Waals surface area (Å²) >= 11 is 1.62. The monoisotopic (exact) mass is 302 g/mol. The van der Waals surface area contributed by atoms with E-state index < -0.39 is 0 Å². The third-order valence-electron chi connectivity index (χ3n) is 2.76. The molecule has 0 fully saturated rings. The summed E-state index contributed by atoms with van der Waals surface area (Å²) in [5.41, 5.74) is 1.09. The zero-order chi connectivity index (χ0) is 14.9. The second-order valence-electron chi connectivity index (χ2n) is 4.39. The number of rotatable bonds is 6. The molecule has 0 bridgehead atoms. The van der Waals surface area contributed by atoms with Gasteiger partial charge in [0.05, 0.1) is 31.8 Å². The second-order valence-corrected chi connectivity index (χ2v) is 5.55. The van der Waals surface area contributed by atoms with Crippen molar-refractivity contribution in [3.8, 4) is 17.6 Å². The van der Waals surface area contributed by atoms with Gasteiger partial charge in [-0.2, -0.15) is 0 Å². The Kier molecular flexibility index (Phi) is 6.29. The Bertz CT molecular complexity index is 622. The number of aliphatic hydroxyl groups is 1. The fraction of sp³-hybridized carbons (Fsp3) is 0.294. The molecule has 0 radical (unpaired) electrons. The number of hydrogen-bond donors (Lipinski definition) is 1. The van der Waals surface area contributed by atoms with Gasteiger partial charge in [-0.25, -0.2) is 0 Å². The van der Waals surface area contributed by atoms with Gasteiger partial charge in [-0.1, -0.05) is 24.0 Å². The van der Waals surface area contributed by atoms with Crippen LogP contribution >= 0.6 is 11.3 Å². The molecule has 0 saturated carbocycles. The predicted octanol–water partition coefficient (Wildman–Crippen LogP) is 3.21. The summed E-state index contributed by atoms with van der Waals surface area (Å²) in [5.74, 6) is 6.78. The summed E-state index contributed by atoms with van der Waals surface area (Å²) in [6.07, 6.45) is 0.513. The number of benzene rings is 1. The molecule has 1 aromatic heterocycles. The maximum atomic E-state index is 8.68. The van der Waals surface area contributed by atoms with Gasteiger partial charge in [-0.05, 0) is 29.8 Å². The summed E-state index contributed by atoms with van der Waals surface area (Å²) in [6.45, 7) is 1.24. The molecule has 0 aliphatic rings. The van der Waals surface area contributed by atoms with Crippen LogP contribution < -0.4 is 4.74 Å². The number of thiophene rings is 1. The Morgan fingerprint density at radius 1 is 1.19 bits per heavy atom. The summed E-state index contributed by atoms with van der Waals surface area (Å²) < 4.78 is 10.9. The van der Waals surface area contributed by atoms with E-state index in [1.54, 1.807) is 18.4 Å². The Labute approximate surface area is 129 Å². The highest BCUT2D eigenvalue weighted by Crippen LogP contribution is 2.18. The molecule has 2 rings (SSSR count). The Morgan fingerprint density at radius 3 is 2.90 bits per heavy atom. The SMILES string of the molecule is COc1cccc(COCc2ccc(C#CCCO)s2)c1. The Morgan fingerprint density at radius 2 is 2.10 bits per heavy atom. The maximum absolute atomic E-state index is 8.68. The van der Waals surface area contributed by atoms with Crippen molar-refractivity contribution in [3.05, 3.63) is 51.7 Å². The van der Waals surface area contributed by atoms with Crippen molar-refractivity contribution in [1.29, 1.82) is 0 Å². The van der Waals surface area contributed by atoms with E-state index >= 15 is 0 Å². The standard InChI is InChI=1S/C17H18O3S/c1-19-15-6-4-5-14(11-15)12-20-13-17-9-8-16(21-17)7-2-3-10-18/h4-6,8-9,11,18H,3,10,12-13H2,1H3. The van der Waals surface area contributed by atoms with E-state index in [0.29, 0.717) is 19.6 Å². The lowest BCUT2D eigenvalue weighted by Gasteiger charge is -2.05. The van der Waals surface area contributed by atoms with Crippen LogP contribution in [0.2, 0.25) is 0 Å². The third-order valence-corrected chi connectivity index (χ3v) is 3.73. The fourth-order valence-electron chi connectivity index (χ4n) is 1.76. The van der Waals surface area contributed by atoms with Crippen LogP contribution in [0.15, 0.2) is 36.4 Å². The first kappa shape index (κ1) is 15.6. The van der Waals surface area contributed by atoms with Crippen molar-refractivity contribution in [2.45, 2.75) is 19.6 Å². The molecule has 0 spiro atoms. The molecule has 110 valence electrons. The molecule has 1 heterocycles. The van der Waals surface area contributed by atoms with E-state index in [9.17, 15) is 0 Å². The van der Waals surface area contributed by atoms with Crippen LogP contribution in [-0.2, 0) is 18.0 Å². The van der Waals surface area contributed by atoms with Crippen molar-refractivity contribution in [2.24, 2.45) is 0 Å². The molecule has 0 saturated heterocycles. The Balaban J connectivity index is 1.82. The van der Waals surface area contributed by atoms with Gasteiger partial charge in [-0.15, -0.1) is 11.3 Å². The van der Waals surface area contributed by atoms with Gasteiger partial charge in [-0.3, -0.25) is 0 Å². The minimum absolute atomic E-state index is 0.106. The predicted molar refractivity (Wildman–Crippen MR) is 84.4 cm³/mol. The first-order chi connectivity index (χ1) is 10.3. The maximum Gasteiger partial charge on any atom is 0.119 e. The average molecular weight is 302 g/mol. The second kappa shape index (κ2) is 8.48. The van der Waals surface area contributed by atoms with E-state index in [1.165, 1.54) is 0 Å². The molecule has 21 heavy (non-hydrogen) atoms. The summed E-state index contributed by atoms with van der Waals surface area (Å²) in [4.78, 5) is 2.15. The first-order valence-electron chi connectivity index (χ1n) is 6.71. The summed E-state index contributed by atoms with van der Waals surface area (Å²) in [6, 6.07) is 11.9. The number of aliphatic hydroxyl groups excluding tert-OH is 1. The molecular formula is C17H18O3S. The van der Waals surface area contributed by atoms with Gasteiger partial charge < -0.3 is 14.6 Å². The van der Waals surface area contributed by atoms with Gasteiger partial charge >= 0.3 is 0 Å². The van der Waals surface area contributed by atoms with Crippen LogP contribution in [-0.4, -0.2) is 18.8 Å². The third kappa shape index (κ3) is 5.24. The van der Waals surface area contributed by atoms with E-state index in [1.807, 2.05) is 36.4 Å². The Hall–Kier alpha value is -1.80. The molecule has 4 heteroatoms. The lowest BCUT2D eigenvalue weighted by atomic mass is 10.2. The number of methoxy groups -OCH3 is 1. The van der Waals surface area contributed by atoms with Gasteiger partial charge in [0, 0.05) is 11.3 Å². The molecular weight excluding hydrogens is 284 g/mol. The van der Waals surface area contributed by atoms with Gasteiger partial charge in [0.2, 0.25) is 0 Å². The van der Waals surface area contributed by atoms with Gasteiger partial charge in [0.25, 0.3) is 0 Å². The van der Waals surface area contributed by atoms with E-state index in [4.69, 9.17) is 14.6 Å². The van der Waals surface area contributed by atoms with Crippen LogP contribution in [0.25, 0.3) is 0 Å². The van der Waals surface area contributed by atoms with Gasteiger partial charge in [0.1, 0.15) is 5.75 Å². The van der Waals surface area contributed by atoms with Crippen molar-refractivity contribution >= 4 is 11.3 Å². The normalized spacial score (nSPS) is 10.0. The van der Waals surface area contributed by atoms with Crippen LogP contribution in [0.3, 0.4) is 0 Å². The highest BCUT2D eigenvalue weighted by molar-refractivity contribution is 7.12. The highest BCUT2D eigenvalue weighted by Gasteiger charge is 2.00. The molecule has 0 unspecified atom stereocenters. The van der Waals surface area contributed by atoms with Crippen LogP contribution in [0, 0.1) is 11.8 Å². The van der Waals surface area contributed by atoms with Crippen LogP contribution in [0.4, 0.5) is 0 Å². The van der Waals surface area contributed by atoms with E-state index in [2.05, 4.69) is 11.8 Å². The summed E-state index contributed by atoms with van der Waals surface area (Å²) in [5, 5.41) is 8.68. The molecule has 2 aromatic rings. The topological polar surface area (TPSA) is 38.7 Å². The van der Waals surface area contributed by atoms with Crippen LogP contribution in [0.5, 0.6) is 5.75 Å². The van der Waals surface area contributed by atoms with Crippen molar-refractivity contribution in [3.63, 3.8) is 0 Å². The highest BCUT2D eigenvalue weighted by atomic mass is 32.1. The summed E-state index contributed by atoms with van der Waals surface area (Å²) in [7, 11) is 1.66. The lowest BCUT2D eigenvalue weighted by molar-refractivity contribution is 0.109. The zero-order valence-electron chi connectivity index (χ0n) is 12.0. The first-order valence-corrected chi connectivity index (χ1v) is 7.52. The number of hydrogen-bond acceptors (Lipinski definition) is 4. The molecule has 3 nitrogen and oxygen atoms in total. The van der Waals surface area contributed by atoms with E-state index in [0.717, 1.165) is 21.1 Å². The van der Waals surface area contributed by atoms with E-state index in [-0.39, 0.29) is 6.61 Å². The van der Waals surface area contributed by atoms with Crippen LogP contribution in [0.1, 0.15) is 21.7 Å². The fourth-order valence-corrected chi connectivity index (χ4v) is 2.58. The quantitative estimate of drug-likeness (QED) is 0.833.